The minimum absolute atomic E-state index is 0.163. The molecule has 1 atom stereocenters. The molecule has 0 amide bonds. The van der Waals surface area contributed by atoms with E-state index in [0.717, 1.165) is 41.9 Å². The predicted octanol–water partition coefficient (Wildman–Crippen LogP) is 4.43. The lowest BCUT2D eigenvalue weighted by molar-refractivity contribution is 0.174. The molecule has 2 aromatic rings. The number of phenolic OH excluding ortho intramolecular Hbond substituents is 1. The molecule has 4 nitrogen and oxygen atoms in total. The van der Waals surface area contributed by atoms with Gasteiger partial charge in [0.15, 0.2) is 23.0 Å². The highest BCUT2D eigenvalue weighted by Crippen LogP contribution is 2.39. The molecule has 1 aliphatic rings. The molecule has 0 bridgehead atoms. The first-order valence-electron chi connectivity index (χ1n) is 8.40. The molecule has 128 valence electrons. The second-order valence-electron chi connectivity index (χ2n) is 6.28. The summed E-state index contributed by atoms with van der Waals surface area (Å²) in [5, 5.41) is 10.5. The van der Waals surface area contributed by atoms with Crippen LogP contribution in [0.1, 0.15) is 42.9 Å². The lowest BCUT2D eigenvalue weighted by atomic mass is 9.90. The van der Waals surface area contributed by atoms with Gasteiger partial charge in [0.1, 0.15) is 0 Å². The van der Waals surface area contributed by atoms with Crippen molar-refractivity contribution < 1.29 is 19.3 Å². The van der Waals surface area contributed by atoms with E-state index in [1.807, 2.05) is 24.3 Å². The molecule has 1 N–H and O–H groups in total. The summed E-state index contributed by atoms with van der Waals surface area (Å²) in [6, 6.07) is 10.0. The lowest BCUT2D eigenvalue weighted by Crippen LogP contribution is -2.02. The fourth-order valence-electron chi connectivity index (χ4n) is 3.18. The molecule has 3 rings (SSSR count). The second-order valence-corrected chi connectivity index (χ2v) is 6.28. The Kier molecular flexibility index (Phi) is 4.84. The average Bonchev–Trinajstić information content (AvgIpc) is 3.04. The summed E-state index contributed by atoms with van der Waals surface area (Å²) >= 11 is 0. The monoisotopic (exact) mass is 328 g/mol. The summed E-state index contributed by atoms with van der Waals surface area (Å²) in [5.41, 5.74) is 3.28. The fraction of sp³-hybridized carbons (Fsp3) is 0.400. The molecule has 0 saturated heterocycles. The van der Waals surface area contributed by atoms with E-state index in [0.29, 0.717) is 5.75 Å². The molecule has 4 heteroatoms. The maximum Gasteiger partial charge on any atom is 0.231 e. The van der Waals surface area contributed by atoms with Crippen molar-refractivity contribution in [1.29, 1.82) is 0 Å². The predicted molar refractivity (Wildman–Crippen MR) is 93.3 cm³/mol. The average molecular weight is 328 g/mol. The number of aromatic hydroxyl groups is 1. The van der Waals surface area contributed by atoms with Crippen LogP contribution in [0.3, 0.4) is 0 Å². The van der Waals surface area contributed by atoms with Crippen LogP contribution in [0.15, 0.2) is 30.3 Å². The third kappa shape index (κ3) is 3.28. The Morgan fingerprint density at radius 2 is 1.92 bits per heavy atom. The van der Waals surface area contributed by atoms with Crippen molar-refractivity contribution in [2.45, 2.75) is 39.0 Å². The van der Waals surface area contributed by atoms with Gasteiger partial charge in [-0.1, -0.05) is 32.4 Å². The standard InChI is InChI=1S/C20H24O4/c1-4-5-14-9-16(20(21)19(11-14)22-3)13(2)8-15-6-7-17-18(10-15)24-12-23-17/h6-7,9-11,13,21H,4-5,8,12H2,1-3H3. The number of hydrogen-bond donors (Lipinski definition) is 1. The molecule has 0 spiro atoms. The van der Waals surface area contributed by atoms with Gasteiger partial charge < -0.3 is 19.3 Å². The van der Waals surface area contributed by atoms with Gasteiger partial charge in [-0.05, 0) is 48.1 Å². The zero-order chi connectivity index (χ0) is 17.1. The Hall–Kier alpha value is -2.36. The van der Waals surface area contributed by atoms with Crippen LogP contribution in [0.25, 0.3) is 0 Å². The zero-order valence-electron chi connectivity index (χ0n) is 14.5. The molecule has 0 saturated carbocycles. The van der Waals surface area contributed by atoms with E-state index in [-0.39, 0.29) is 18.5 Å². The quantitative estimate of drug-likeness (QED) is 0.852. The topological polar surface area (TPSA) is 47.9 Å². The van der Waals surface area contributed by atoms with E-state index in [1.54, 1.807) is 7.11 Å². The van der Waals surface area contributed by atoms with Gasteiger partial charge in [-0.25, -0.2) is 0 Å². The molecule has 0 fully saturated rings. The van der Waals surface area contributed by atoms with Crippen LogP contribution in [-0.4, -0.2) is 19.0 Å². The van der Waals surface area contributed by atoms with E-state index in [4.69, 9.17) is 14.2 Å². The maximum atomic E-state index is 10.5. The summed E-state index contributed by atoms with van der Waals surface area (Å²) in [7, 11) is 1.59. The van der Waals surface area contributed by atoms with Crippen LogP contribution in [0, 0.1) is 0 Å². The summed E-state index contributed by atoms with van der Waals surface area (Å²) in [5.74, 6) is 2.54. The molecule has 1 aliphatic heterocycles. The first kappa shape index (κ1) is 16.5. The molecular formula is C20H24O4. The van der Waals surface area contributed by atoms with E-state index in [2.05, 4.69) is 19.9 Å². The Bertz CT molecular complexity index is 724. The fourth-order valence-corrected chi connectivity index (χ4v) is 3.18. The van der Waals surface area contributed by atoms with E-state index >= 15 is 0 Å². The van der Waals surface area contributed by atoms with Crippen molar-refractivity contribution in [1.82, 2.24) is 0 Å². The summed E-state index contributed by atoms with van der Waals surface area (Å²) < 4.78 is 16.1. The normalized spacial score (nSPS) is 13.8. The van der Waals surface area contributed by atoms with E-state index in [1.165, 1.54) is 5.56 Å². The third-order valence-corrected chi connectivity index (χ3v) is 4.43. The van der Waals surface area contributed by atoms with E-state index in [9.17, 15) is 5.11 Å². The Morgan fingerprint density at radius 3 is 2.67 bits per heavy atom. The van der Waals surface area contributed by atoms with Gasteiger partial charge in [-0.2, -0.15) is 0 Å². The number of aryl methyl sites for hydroxylation is 1. The van der Waals surface area contributed by atoms with Crippen LogP contribution in [-0.2, 0) is 12.8 Å². The highest BCUT2D eigenvalue weighted by molar-refractivity contribution is 5.51. The van der Waals surface area contributed by atoms with E-state index < -0.39 is 0 Å². The van der Waals surface area contributed by atoms with Crippen molar-refractivity contribution in [3.8, 4) is 23.0 Å². The van der Waals surface area contributed by atoms with Gasteiger partial charge in [-0.3, -0.25) is 0 Å². The van der Waals surface area contributed by atoms with Gasteiger partial charge >= 0.3 is 0 Å². The van der Waals surface area contributed by atoms with Crippen LogP contribution in [0.5, 0.6) is 23.0 Å². The molecule has 0 radical (unpaired) electrons. The number of benzene rings is 2. The molecule has 1 unspecified atom stereocenters. The van der Waals surface area contributed by atoms with Crippen molar-refractivity contribution in [2.24, 2.45) is 0 Å². The van der Waals surface area contributed by atoms with Crippen molar-refractivity contribution in [2.75, 3.05) is 13.9 Å². The van der Waals surface area contributed by atoms with Crippen LogP contribution < -0.4 is 14.2 Å². The number of hydrogen-bond acceptors (Lipinski definition) is 4. The van der Waals surface area contributed by atoms with Gasteiger partial charge in [0.2, 0.25) is 6.79 Å². The van der Waals surface area contributed by atoms with Crippen LogP contribution in [0.2, 0.25) is 0 Å². The Morgan fingerprint density at radius 1 is 1.12 bits per heavy atom. The van der Waals surface area contributed by atoms with Gasteiger partial charge in [0.25, 0.3) is 0 Å². The molecule has 2 aromatic carbocycles. The largest absolute Gasteiger partial charge is 0.504 e. The lowest BCUT2D eigenvalue weighted by Gasteiger charge is -2.18. The summed E-state index contributed by atoms with van der Waals surface area (Å²) in [6.07, 6.45) is 2.84. The molecule has 0 aromatic heterocycles. The third-order valence-electron chi connectivity index (χ3n) is 4.43. The number of methoxy groups -OCH3 is 1. The van der Waals surface area contributed by atoms with Crippen LogP contribution in [0.4, 0.5) is 0 Å². The SMILES string of the molecule is CCCc1cc(OC)c(O)c(C(C)Cc2ccc3c(c2)OCO3)c1. The number of ether oxygens (including phenoxy) is 3. The van der Waals surface area contributed by atoms with Gasteiger partial charge in [0.05, 0.1) is 7.11 Å². The minimum Gasteiger partial charge on any atom is -0.504 e. The minimum atomic E-state index is 0.163. The smallest absolute Gasteiger partial charge is 0.231 e. The molecule has 0 aliphatic carbocycles. The first-order valence-corrected chi connectivity index (χ1v) is 8.40. The highest BCUT2D eigenvalue weighted by atomic mass is 16.7. The van der Waals surface area contributed by atoms with Crippen LogP contribution >= 0.6 is 0 Å². The maximum absolute atomic E-state index is 10.5. The summed E-state index contributed by atoms with van der Waals surface area (Å²) in [4.78, 5) is 0. The number of rotatable bonds is 6. The molecule has 1 heterocycles. The summed E-state index contributed by atoms with van der Waals surface area (Å²) in [6.45, 7) is 4.55. The number of phenols is 1. The Labute approximate surface area is 143 Å². The molecular weight excluding hydrogens is 304 g/mol. The Balaban J connectivity index is 1.86. The number of fused-ring (bicyclic) bond motifs is 1. The van der Waals surface area contributed by atoms with Gasteiger partial charge in [0, 0.05) is 5.56 Å². The highest BCUT2D eigenvalue weighted by Gasteiger charge is 2.19. The van der Waals surface area contributed by atoms with Crippen molar-refractivity contribution >= 4 is 0 Å². The molecule has 24 heavy (non-hydrogen) atoms. The zero-order valence-corrected chi connectivity index (χ0v) is 14.5. The van der Waals surface area contributed by atoms with Gasteiger partial charge in [-0.15, -0.1) is 0 Å². The second kappa shape index (κ2) is 7.04. The first-order chi connectivity index (χ1) is 11.6. The van der Waals surface area contributed by atoms with Crippen molar-refractivity contribution in [3.63, 3.8) is 0 Å². The van der Waals surface area contributed by atoms with Crippen molar-refractivity contribution in [3.05, 3.63) is 47.0 Å².